The first-order valence-electron chi connectivity index (χ1n) is 6.88. The molecule has 0 aliphatic carbocycles. The number of likely N-dealkylation sites (N-methyl/N-ethyl adjacent to an activating group) is 1. The molecule has 0 radical (unpaired) electrons. The fourth-order valence-electron chi connectivity index (χ4n) is 2.56. The highest BCUT2D eigenvalue weighted by Gasteiger charge is 2.24. The third kappa shape index (κ3) is 2.56. The smallest absolute Gasteiger partial charge is 0.182 e. The van der Waals surface area contributed by atoms with Crippen LogP contribution >= 0.6 is 0 Å². The first-order chi connectivity index (χ1) is 9.06. The van der Waals surface area contributed by atoms with Gasteiger partial charge in [-0.25, -0.2) is 0 Å². The maximum absolute atomic E-state index is 12.7. The summed E-state index contributed by atoms with van der Waals surface area (Å²) in [6.45, 7) is 7.00. The molecule has 1 aromatic heterocycles. The van der Waals surface area contributed by atoms with Gasteiger partial charge in [0, 0.05) is 29.7 Å². The normalized spacial score (nSPS) is 13.1. The molecule has 0 fully saturated rings. The van der Waals surface area contributed by atoms with Gasteiger partial charge in [0.15, 0.2) is 5.78 Å². The van der Waals surface area contributed by atoms with Crippen LogP contribution in [0.2, 0.25) is 0 Å². The topological polar surface area (TPSA) is 34.0 Å². The molecule has 19 heavy (non-hydrogen) atoms. The number of aryl methyl sites for hydroxylation is 1. The number of carbonyl (C=O) groups is 1. The average Bonchev–Trinajstić information content (AvgIpc) is 2.73. The molecule has 0 aliphatic rings. The van der Waals surface area contributed by atoms with Crippen LogP contribution in [0.25, 0.3) is 10.9 Å². The summed E-state index contributed by atoms with van der Waals surface area (Å²) in [4.78, 5) is 12.7. The number of Topliss-reactive ketones (excluding diaryl/α,β-unsaturated/α-hetero) is 1. The van der Waals surface area contributed by atoms with Crippen molar-refractivity contribution in [2.24, 2.45) is 13.0 Å². The second-order valence-electron chi connectivity index (χ2n) is 5.31. The zero-order chi connectivity index (χ0) is 14.0. The Labute approximate surface area is 114 Å². The van der Waals surface area contributed by atoms with Crippen LogP contribution in [0.4, 0.5) is 0 Å². The van der Waals surface area contributed by atoms with Crippen LogP contribution in [0.15, 0.2) is 30.5 Å². The lowest BCUT2D eigenvalue weighted by Crippen LogP contribution is -2.40. The molecule has 2 rings (SSSR count). The number of aromatic nitrogens is 1. The van der Waals surface area contributed by atoms with Gasteiger partial charge in [0.1, 0.15) is 0 Å². The van der Waals surface area contributed by atoms with E-state index in [2.05, 4.69) is 19.2 Å². The third-order valence-corrected chi connectivity index (χ3v) is 3.54. The summed E-state index contributed by atoms with van der Waals surface area (Å²) in [5, 5.41) is 4.34. The molecule has 0 bridgehead atoms. The number of nitrogens with zero attached hydrogens (tertiary/aromatic N) is 1. The minimum atomic E-state index is -0.115. The maximum atomic E-state index is 12.7. The number of carbonyl (C=O) groups excluding carboxylic acids is 1. The molecule has 3 nitrogen and oxygen atoms in total. The molecule has 2 aromatic rings. The van der Waals surface area contributed by atoms with E-state index in [9.17, 15) is 4.79 Å². The van der Waals surface area contributed by atoms with Crippen molar-refractivity contribution in [3.8, 4) is 0 Å². The largest absolute Gasteiger partial charge is 0.350 e. The average molecular weight is 258 g/mol. The van der Waals surface area contributed by atoms with Crippen LogP contribution in [0.1, 0.15) is 31.1 Å². The number of ketones is 1. The fourth-order valence-corrected chi connectivity index (χ4v) is 2.56. The van der Waals surface area contributed by atoms with E-state index in [0.717, 1.165) is 23.0 Å². The van der Waals surface area contributed by atoms with Crippen LogP contribution in [-0.2, 0) is 7.05 Å². The lowest BCUT2D eigenvalue weighted by Gasteiger charge is -2.20. The van der Waals surface area contributed by atoms with Crippen LogP contribution in [-0.4, -0.2) is 22.9 Å². The summed E-state index contributed by atoms with van der Waals surface area (Å²) >= 11 is 0. The van der Waals surface area contributed by atoms with Gasteiger partial charge in [-0.15, -0.1) is 0 Å². The first kappa shape index (κ1) is 13.8. The van der Waals surface area contributed by atoms with Gasteiger partial charge in [-0.2, -0.15) is 0 Å². The van der Waals surface area contributed by atoms with E-state index < -0.39 is 0 Å². The predicted molar refractivity (Wildman–Crippen MR) is 79.6 cm³/mol. The van der Waals surface area contributed by atoms with E-state index in [0.29, 0.717) is 0 Å². The van der Waals surface area contributed by atoms with Crippen molar-refractivity contribution in [3.05, 3.63) is 36.0 Å². The number of nitrogens with one attached hydrogen (secondary N) is 1. The zero-order valence-electron chi connectivity index (χ0n) is 12.1. The summed E-state index contributed by atoms with van der Waals surface area (Å²) in [6, 6.07) is 7.93. The predicted octanol–water partition coefficient (Wildman–Crippen LogP) is 3.00. The van der Waals surface area contributed by atoms with E-state index in [4.69, 9.17) is 0 Å². The Balaban J connectivity index is 2.46. The lowest BCUT2D eigenvalue weighted by atomic mass is 9.94. The molecule has 1 heterocycles. The second-order valence-corrected chi connectivity index (χ2v) is 5.31. The monoisotopic (exact) mass is 258 g/mol. The van der Waals surface area contributed by atoms with E-state index >= 15 is 0 Å². The minimum absolute atomic E-state index is 0.115. The molecular formula is C16H22N2O. The number of hydrogen-bond donors (Lipinski definition) is 1. The Morgan fingerprint density at radius 2 is 2.00 bits per heavy atom. The standard InChI is InChI=1S/C16H22N2O/c1-5-17-15(11(2)3)16(19)13-10-18(4)14-9-7-6-8-12(13)14/h6-11,15,17H,5H2,1-4H3. The van der Waals surface area contributed by atoms with Gasteiger partial charge in [0.2, 0.25) is 0 Å². The van der Waals surface area contributed by atoms with Crippen LogP contribution in [0.5, 0.6) is 0 Å². The van der Waals surface area contributed by atoms with Crippen LogP contribution in [0.3, 0.4) is 0 Å². The molecule has 0 spiro atoms. The molecule has 3 heteroatoms. The third-order valence-electron chi connectivity index (χ3n) is 3.54. The molecule has 1 N–H and O–H groups in total. The van der Waals surface area contributed by atoms with E-state index in [1.54, 1.807) is 0 Å². The summed E-state index contributed by atoms with van der Waals surface area (Å²) in [7, 11) is 1.98. The number of para-hydroxylation sites is 1. The number of hydrogen-bond acceptors (Lipinski definition) is 2. The summed E-state index contributed by atoms with van der Waals surface area (Å²) < 4.78 is 2.02. The van der Waals surface area contributed by atoms with Crippen molar-refractivity contribution in [3.63, 3.8) is 0 Å². The van der Waals surface area contributed by atoms with Gasteiger partial charge >= 0.3 is 0 Å². The van der Waals surface area contributed by atoms with Crippen molar-refractivity contribution in [1.82, 2.24) is 9.88 Å². The van der Waals surface area contributed by atoms with Gasteiger partial charge in [0.25, 0.3) is 0 Å². The number of benzene rings is 1. The minimum Gasteiger partial charge on any atom is -0.350 e. The van der Waals surface area contributed by atoms with Gasteiger partial charge in [-0.05, 0) is 18.5 Å². The van der Waals surface area contributed by atoms with Crippen molar-refractivity contribution in [1.29, 1.82) is 0 Å². The van der Waals surface area contributed by atoms with Crippen LogP contribution < -0.4 is 5.32 Å². The van der Waals surface area contributed by atoms with E-state index in [1.165, 1.54) is 0 Å². The Hall–Kier alpha value is -1.61. The second kappa shape index (κ2) is 5.57. The van der Waals surface area contributed by atoms with Crippen LogP contribution in [0, 0.1) is 5.92 Å². The Morgan fingerprint density at radius 3 is 2.63 bits per heavy atom. The molecule has 1 atom stereocenters. The Kier molecular flexibility index (Phi) is 4.05. The molecule has 102 valence electrons. The van der Waals surface area contributed by atoms with Crippen molar-refractivity contribution >= 4 is 16.7 Å². The van der Waals surface area contributed by atoms with E-state index in [-0.39, 0.29) is 17.7 Å². The Bertz CT molecular complexity index is 583. The molecule has 0 saturated carbocycles. The van der Waals surface area contributed by atoms with E-state index in [1.807, 2.05) is 49.0 Å². The number of rotatable bonds is 5. The molecular weight excluding hydrogens is 236 g/mol. The molecule has 0 saturated heterocycles. The van der Waals surface area contributed by atoms with Gasteiger partial charge < -0.3 is 9.88 Å². The highest BCUT2D eigenvalue weighted by molar-refractivity contribution is 6.10. The van der Waals surface area contributed by atoms with Crippen molar-refractivity contribution in [2.45, 2.75) is 26.8 Å². The fraction of sp³-hybridized carbons (Fsp3) is 0.438. The summed E-state index contributed by atoms with van der Waals surface area (Å²) in [5.41, 5.74) is 1.92. The molecule has 1 unspecified atom stereocenters. The van der Waals surface area contributed by atoms with Gasteiger partial charge in [-0.3, -0.25) is 4.79 Å². The Morgan fingerprint density at radius 1 is 1.32 bits per heavy atom. The lowest BCUT2D eigenvalue weighted by molar-refractivity contribution is 0.0920. The zero-order valence-corrected chi connectivity index (χ0v) is 12.1. The van der Waals surface area contributed by atoms with Crippen molar-refractivity contribution < 1.29 is 4.79 Å². The molecule has 0 amide bonds. The van der Waals surface area contributed by atoms with Gasteiger partial charge in [-0.1, -0.05) is 39.0 Å². The first-order valence-corrected chi connectivity index (χ1v) is 6.88. The quantitative estimate of drug-likeness (QED) is 0.837. The summed E-state index contributed by atoms with van der Waals surface area (Å²) in [5.74, 6) is 0.472. The number of fused-ring (bicyclic) bond motifs is 1. The summed E-state index contributed by atoms with van der Waals surface area (Å²) in [6.07, 6.45) is 1.94. The highest BCUT2D eigenvalue weighted by Crippen LogP contribution is 2.23. The molecule has 0 aliphatic heterocycles. The van der Waals surface area contributed by atoms with Crippen molar-refractivity contribution in [2.75, 3.05) is 6.54 Å². The maximum Gasteiger partial charge on any atom is 0.182 e. The highest BCUT2D eigenvalue weighted by atomic mass is 16.1. The molecule has 1 aromatic carbocycles. The SMILES string of the molecule is CCNC(C(=O)c1cn(C)c2ccccc12)C(C)C. The van der Waals surface area contributed by atoms with Gasteiger partial charge in [0.05, 0.1) is 6.04 Å².